The summed E-state index contributed by atoms with van der Waals surface area (Å²) in [5.41, 5.74) is 0.841. The van der Waals surface area contributed by atoms with Crippen molar-refractivity contribution in [2.45, 2.75) is 24.7 Å². The summed E-state index contributed by atoms with van der Waals surface area (Å²) < 4.78 is 34.8. The lowest BCUT2D eigenvalue weighted by molar-refractivity contribution is 0.398. The highest BCUT2D eigenvalue weighted by Gasteiger charge is 2.20. The van der Waals surface area contributed by atoms with E-state index < -0.39 is 9.84 Å². The first-order chi connectivity index (χ1) is 10.3. The van der Waals surface area contributed by atoms with Crippen LogP contribution in [0.5, 0.6) is 17.2 Å². The van der Waals surface area contributed by atoms with E-state index in [4.69, 9.17) is 9.47 Å². The molecule has 118 valence electrons. The molecule has 0 saturated carbocycles. The van der Waals surface area contributed by atoms with E-state index in [9.17, 15) is 8.42 Å². The number of aromatic nitrogens is 2. The number of hydrogen-bond acceptors (Lipinski definition) is 6. The smallest absolute Gasteiger partial charge is 0.179 e. The van der Waals surface area contributed by atoms with Crippen molar-refractivity contribution >= 4 is 9.84 Å². The Labute approximate surface area is 130 Å². The van der Waals surface area contributed by atoms with Crippen LogP contribution in [-0.2, 0) is 9.84 Å². The van der Waals surface area contributed by atoms with Crippen molar-refractivity contribution in [3.63, 3.8) is 0 Å². The van der Waals surface area contributed by atoms with Gasteiger partial charge in [-0.1, -0.05) is 13.8 Å². The molecule has 0 fully saturated rings. The minimum Gasteiger partial charge on any atom is -0.495 e. The SMILES string of the molecule is COc1cc(C(C)C)c(Oc2cncnc2)cc1S(C)(=O)=O. The third kappa shape index (κ3) is 3.54. The molecule has 0 radical (unpaired) electrons. The number of ether oxygens (including phenoxy) is 2. The molecule has 0 aliphatic carbocycles. The monoisotopic (exact) mass is 322 g/mol. The third-order valence-corrected chi connectivity index (χ3v) is 4.20. The summed E-state index contributed by atoms with van der Waals surface area (Å²) in [5, 5.41) is 0. The van der Waals surface area contributed by atoms with Crippen LogP contribution in [0.4, 0.5) is 0 Å². The second-order valence-corrected chi connectivity index (χ2v) is 7.13. The Balaban J connectivity index is 2.60. The standard InChI is InChI=1S/C15H18N2O4S/c1-10(2)12-5-14(20-3)15(22(4,18)19)6-13(12)21-11-7-16-9-17-8-11/h5-10H,1-4H3. The molecule has 0 saturated heterocycles. The fraction of sp³-hybridized carbons (Fsp3) is 0.333. The van der Waals surface area contributed by atoms with Crippen LogP contribution in [-0.4, -0.2) is 31.8 Å². The van der Waals surface area contributed by atoms with Crippen molar-refractivity contribution in [3.05, 3.63) is 36.4 Å². The average Bonchev–Trinajstić information content (AvgIpc) is 2.46. The zero-order valence-corrected chi connectivity index (χ0v) is 13.7. The number of sulfone groups is 1. The van der Waals surface area contributed by atoms with E-state index in [0.29, 0.717) is 17.2 Å². The number of methoxy groups -OCH3 is 1. The van der Waals surface area contributed by atoms with Crippen molar-refractivity contribution in [2.24, 2.45) is 0 Å². The molecule has 0 atom stereocenters. The molecule has 1 aromatic carbocycles. The van der Waals surface area contributed by atoms with Crippen molar-refractivity contribution in [1.82, 2.24) is 9.97 Å². The van der Waals surface area contributed by atoms with Crippen LogP contribution in [0.15, 0.2) is 35.7 Å². The Morgan fingerprint density at radius 2 is 1.73 bits per heavy atom. The van der Waals surface area contributed by atoms with Crippen LogP contribution < -0.4 is 9.47 Å². The summed E-state index contributed by atoms with van der Waals surface area (Å²) in [6, 6.07) is 3.18. The fourth-order valence-electron chi connectivity index (χ4n) is 2.01. The zero-order chi connectivity index (χ0) is 16.3. The van der Waals surface area contributed by atoms with Gasteiger partial charge in [0.15, 0.2) is 15.6 Å². The second-order valence-electron chi connectivity index (χ2n) is 5.14. The molecule has 7 heteroatoms. The highest BCUT2D eigenvalue weighted by atomic mass is 32.2. The number of rotatable bonds is 5. The maximum atomic E-state index is 11.9. The number of hydrogen-bond donors (Lipinski definition) is 0. The first-order valence-corrected chi connectivity index (χ1v) is 8.57. The summed E-state index contributed by atoms with van der Waals surface area (Å²) in [7, 11) is -1.99. The van der Waals surface area contributed by atoms with Gasteiger partial charge in [-0.2, -0.15) is 0 Å². The van der Waals surface area contributed by atoms with Crippen molar-refractivity contribution in [1.29, 1.82) is 0 Å². The van der Waals surface area contributed by atoms with E-state index in [1.165, 1.54) is 31.9 Å². The van der Waals surface area contributed by atoms with E-state index in [1.807, 2.05) is 13.8 Å². The Hall–Kier alpha value is -2.15. The van der Waals surface area contributed by atoms with Crippen molar-refractivity contribution in [2.75, 3.05) is 13.4 Å². The van der Waals surface area contributed by atoms with Gasteiger partial charge in [-0.3, -0.25) is 0 Å². The molecule has 0 spiro atoms. The molecule has 0 amide bonds. The molecular formula is C15H18N2O4S. The number of nitrogens with zero attached hydrogens (tertiary/aromatic N) is 2. The molecule has 0 aliphatic heterocycles. The maximum absolute atomic E-state index is 11.9. The highest BCUT2D eigenvalue weighted by Crippen LogP contribution is 2.37. The van der Waals surface area contributed by atoms with Crippen LogP contribution in [0.3, 0.4) is 0 Å². The van der Waals surface area contributed by atoms with Gasteiger partial charge < -0.3 is 9.47 Å². The molecule has 1 aromatic heterocycles. The Bertz CT molecular complexity index is 759. The first-order valence-electron chi connectivity index (χ1n) is 6.67. The second kappa shape index (κ2) is 6.31. The van der Waals surface area contributed by atoms with E-state index in [0.717, 1.165) is 11.8 Å². The minimum atomic E-state index is -3.44. The van der Waals surface area contributed by atoms with Gasteiger partial charge in [0.1, 0.15) is 22.7 Å². The zero-order valence-electron chi connectivity index (χ0n) is 12.9. The quantitative estimate of drug-likeness (QED) is 0.842. The Morgan fingerprint density at radius 1 is 1.09 bits per heavy atom. The predicted octanol–water partition coefficient (Wildman–Crippen LogP) is 2.80. The van der Waals surface area contributed by atoms with Gasteiger partial charge >= 0.3 is 0 Å². The van der Waals surface area contributed by atoms with Gasteiger partial charge in [0.05, 0.1) is 19.5 Å². The van der Waals surface area contributed by atoms with Crippen LogP contribution in [0.25, 0.3) is 0 Å². The van der Waals surface area contributed by atoms with Gasteiger partial charge in [-0.25, -0.2) is 18.4 Å². The van der Waals surface area contributed by atoms with Crippen LogP contribution >= 0.6 is 0 Å². The van der Waals surface area contributed by atoms with E-state index in [-0.39, 0.29) is 10.8 Å². The predicted molar refractivity (Wildman–Crippen MR) is 82.3 cm³/mol. The molecule has 2 aromatic rings. The van der Waals surface area contributed by atoms with Gasteiger partial charge in [0, 0.05) is 17.9 Å². The lowest BCUT2D eigenvalue weighted by Crippen LogP contribution is -2.04. The van der Waals surface area contributed by atoms with E-state index in [1.54, 1.807) is 6.07 Å². The topological polar surface area (TPSA) is 78.4 Å². The van der Waals surface area contributed by atoms with Crippen LogP contribution in [0.2, 0.25) is 0 Å². The van der Waals surface area contributed by atoms with Gasteiger partial charge in [-0.05, 0) is 12.0 Å². The maximum Gasteiger partial charge on any atom is 0.179 e. The molecule has 0 aliphatic rings. The fourth-order valence-corrected chi connectivity index (χ4v) is 2.84. The lowest BCUT2D eigenvalue weighted by atomic mass is 10.0. The summed E-state index contributed by atoms with van der Waals surface area (Å²) in [5.74, 6) is 1.32. The average molecular weight is 322 g/mol. The molecular weight excluding hydrogens is 304 g/mol. The molecule has 0 N–H and O–H groups in total. The third-order valence-electron chi connectivity index (χ3n) is 3.08. The number of benzene rings is 1. The molecule has 22 heavy (non-hydrogen) atoms. The molecule has 6 nitrogen and oxygen atoms in total. The lowest BCUT2D eigenvalue weighted by Gasteiger charge is -2.17. The van der Waals surface area contributed by atoms with Gasteiger partial charge in [0.2, 0.25) is 0 Å². The minimum absolute atomic E-state index is 0.0891. The van der Waals surface area contributed by atoms with Gasteiger partial charge in [-0.15, -0.1) is 0 Å². The highest BCUT2D eigenvalue weighted by molar-refractivity contribution is 7.90. The molecule has 2 rings (SSSR count). The molecule has 0 bridgehead atoms. The molecule has 0 unspecified atom stereocenters. The first kappa shape index (κ1) is 16.2. The Morgan fingerprint density at radius 3 is 2.23 bits per heavy atom. The van der Waals surface area contributed by atoms with Crippen LogP contribution in [0.1, 0.15) is 25.3 Å². The summed E-state index contributed by atoms with van der Waals surface area (Å²) in [4.78, 5) is 7.85. The Kier molecular flexibility index (Phi) is 4.65. The van der Waals surface area contributed by atoms with E-state index in [2.05, 4.69) is 9.97 Å². The largest absolute Gasteiger partial charge is 0.495 e. The summed E-state index contributed by atoms with van der Waals surface area (Å²) >= 11 is 0. The van der Waals surface area contributed by atoms with Crippen LogP contribution in [0, 0.1) is 0 Å². The summed E-state index contributed by atoms with van der Waals surface area (Å²) in [6.45, 7) is 3.98. The molecule has 1 heterocycles. The normalized spacial score (nSPS) is 11.5. The van der Waals surface area contributed by atoms with E-state index >= 15 is 0 Å². The van der Waals surface area contributed by atoms with Gasteiger partial charge in [0.25, 0.3) is 0 Å². The summed E-state index contributed by atoms with van der Waals surface area (Å²) in [6.07, 6.45) is 5.56. The van der Waals surface area contributed by atoms with Crippen molar-refractivity contribution < 1.29 is 17.9 Å². The van der Waals surface area contributed by atoms with Crippen molar-refractivity contribution in [3.8, 4) is 17.2 Å².